The van der Waals surface area contributed by atoms with Crippen LogP contribution in [0.3, 0.4) is 0 Å². The Morgan fingerprint density at radius 3 is 3.21 bits per heavy atom. The SMILES string of the molecule is CC(CN)C1CCCc2c1cnn2C. The van der Waals surface area contributed by atoms with E-state index in [1.54, 1.807) is 0 Å². The summed E-state index contributed by atoms with van der Waals surface area (Å²) < 4.78 is 2.02. The van der Waals surface area contributed by atoms with E-state index >= 15 is 0 Å². The highest BCUT2D eigenvalue weighted by molar-refractivity contribution is 5.26. The molecule has 3 heteroatoms. The van der Waals surface area contributed by atoms with Gasteiger partial charge in [0.25, 0.3) is 0 Å². The summed E-state index contributed by atoms with van der Waals surface area (Å²) in [6.45, 7) is 3.02. The molecule has 2 N–H and O–H groups in total. The molecule has 0 fully saturated rings. The molecule has 0 bridgehead atoms. The van der Waals surface area contributed by atoms with E-state index in [1.165, 1.54) is 30.5 Å². The standard InChI is InChI=1S/C11H19N3/c1-8(6-12)9-4-3-5-11-10(9)7-13-14(11)2/h7-9H,3-6,12H2,1-2H3. The van der Waals surface area contributed by atoms with E-state index in [4.69, 9.17) is 5.73 Å². The van der Waals surface area contributed by atoms with Crippen LogP contribution in [-0.2, 0) is 13.5 Å². The molecule has 2 rings (SSSR count). The van der Waals surface area contributed by atoms with Gasteiger partial charge < -0.3 is 5.73 Å². The highest BCUT2D eigenvalue weighted by Crippen LogP contribution is 2.35. The first-order chi connectivity index (χ1) is 6.74. The molecule has 3 nitrogen and oxygen atoms in total. The van der Waals surface area contributed by atoms with Gasteiger partial charge in [-0.1, -0.05) is 6.92 Å². The molecule has 1 aliphatic carbocycles. The third-order valence-electron chi connectivity index (χ3n) is 3.48. The fourth-order valence-electron chi connectivity index (χ4n) is 2.50. The second-order valence-corrected chi connectivity index (χ2v) is 4.38. The summed E-state index contributed by atoms with van der Waals surface area (Å²) in [7, 11) is 2.04. The number of aryl methyl sites for hydroxylation is 1. The quantitative estimate of drug-likeness (QED) is 0.772. The Kier molecular flexibility index (Phi) is 2.59. The predicted molar refractivity (Wildman–Crippen MR) is 57.1 cm³/mol. The molecule has 2 atom stereocenters. The maximum absolute atomic E-state index is 5.74. The smallest absolute Gasteiger partial charge is 0.0527 e. The third kappa shape index (κ3) is 1.46. The number of fused-ring (bicyclic) bond motifs is 1. The van der Waals surface area contributed by atoms with Crippen molar-refractivity contribution >= 4 is 0 Å². The predicted octanol–water partition coefficient (Wildman–Crippen LogP) is 1.43. The van der Waals surface area contributed by atoms with Crippen LogP contribution in [-0.4, -0.2) is 16.3 Å². The molecule has 0 amide bonds. The van der Waals surface area contributed by atoms with Crippen LogP contribution in [0.5, 0.6) is 0 Å². The molecule has 0 saturated heterocycles. The monoisotopic (exact) mass is 193 g/mol. The number of hydrogen-bond donors (Lipinski definition) is 1. The first kappa shape index (κ1) is 9.71. The summed E-state index contributed by atoms with van der Waals surface area (Å²) in [5.41, 5.74) is 8.60. The van der Waals surface area contributed by atoms with Crippen LogP contribution in [0.1, 0.15) is 36.9 Å². The third-order valence-corrected chi connectivity index (χ3v) is 3.48. The fraction of sp³-hybridized carbons (Fsp3) is 0.727. The number of rotatable bonds is 2. The second-order valence-electron chi connectivity index (χ2n) is 4.38. The largest absolute Gasteiger partial charge is 0.330 e. The molecule has 0 spiro atoms. The van der Waals surface area contributed by atoms with Crippen molar-refractivity contribution in [1.82, 2.24) is 9.78 Å². The molecule has 1 aromatic rings. The van der Waals surface area contributed by atoms with Gasteiger partial charge in [0, 0.05) is 12.7 Å². The first-order valence-electron chi connectivity index (χ1n) is 5.45. The Balaban J connectivity index is 2.31. The second kappa shape index (κ2) is 3.73. The highest BCUT2D eigenvalue weighted by Gasteiger charge is 2.26. The molecule has 0 saturated carbocycles. The average Bonchev–Trinajstić information content (AvgIpc) is 2.59. The van der Waals surface area contributed by atoms with Crippen molar-refractivity contribution in [2.45, 2.75) is 32.1 Å². The number of aromatic nitrogens is 2. The molecule has 14 heavy (non-hydrogen) atoms. The van der Waals surface area contributed by atoms with Crippen molar-refractivity contribution in [3.63, 3.8) is 0 Å². The van der Waals surface area contributed by atoms with Gasteiger partial charge in [0.05, 0.1) is 6.20 Å². The van der Waals surface area contributed by atoms with E-state index in [9.17, 15) is 0 Å². The number of nitrogens with zero attached hydrogens (tertiary/aromatic N) is 2. The van der Waals surface area contributed by atoms with Crippen LogP contribution in [0.25, 0.3) is 0 Å². The molecule has 1 aromatic heterocycles. The van der Waals surface area contributed by atoms with Crippen molar-refractivity contribution in [2.24, 2.45) is 18.7 Å². The van der Waals surface area contributed by atoms with Crippen LogP contribution < -0.4 is 5.73 Å². The number of nitrogens with two attached hydrogens (primary N) is 1. The van der Waals surface area contributed by atoms with Crippen molar-refractivity contribution in [3.05, 3.63) is 17.5 Å². The van der Waals surface area contributed by atoms with Gasteiger partial charge in [-0.05, 0) is 43.2 Å². The molecule has 0 radical (unpaired) electrons. The minimum atomic E-state index is 0.582. The Morgan fingerprint density at radius 2 is 2.50 bits per heavy atom. The lowest BCUT2D eigenvalue weighted by atomic mass is 9.79. The Hall–Kier alpha value is -0.830. The maximum atomic E-state index is 5.74. The van der Waals surface area contributed by atoms with Gasteiger partial charge in [-0.3, -0.25) is 4.68 Å². The van der Waals surface area contributed by atoms with Crippen molar-refractivity contribution in [1.29, 1.82) is 0 Å². The summed E-state index contributed by atoms with van der Waals surface area (Å²) in [5.74, 6) is 1.22. The van der Waals surface area contributed by atoms with Crippen molar-refractivity contribution < 1.29 is 0 Å². The average molecular weight is 193 g/mol. The lowest BCUT2D eigenvalue weighted by Gasteiger charge is -2.27. The van der Waals surface area contributed by atoms with Crippen molar-refractivity contribution in [2.75, 3.05) is 6.54 Å². The van der Waals surface area contributed by atoms with Gasteiger partial charge in [-0.25, -0.2) is 0 Å². The lowest BCUT2D eigenvalue weighted by molar-refractivity contribution is 0.409. The van der Waals surface area contributed by atoms with E-state index in [0.717, 1.165) is 6.54 Å². The van der Waals surface area contributed by atoms with Gasteiger partial charge in [0.15, 0.2) is 0 Å². The molecule has 78 valence electrons. The fourth-order valence-corrected chi connectivity index (χ4v) is 2.50. The number of hydrogen-bond acceptors (Lipinski definition) is 2. The molecular formula is C11H19N3. The topological polar surface area (TPSA) is 43.8 Å². The van der Waals surface area contributed by atoms with E-state index < -0.39 is 0 Å². The summed E-state index contributed by atoms with van der Waals surface area (Å²) in [6.07, 6.45) is 5.77. The summed E-state index contributed by atoms with van der Waals surface area (Å²) >= 11 is 0. The van der Waals surface area contributed by atoms with Crippen molar-refractivity contribution in [3.8, 4) is 0 Å². The summed E-state index contributed by atoms with van der Waals surface area (Å²) in [4.78, 5) is 0. The van der Waals surface area contributed by atoms with Gasteiger partial charge in [0.1, 0.15) is 0 Å². The highest BCUT2D eigenvalue weighted by atomic mass is 15.3. The van der Waals surface area contributed by atoms with Crippen LogP contribution in [0.15, 0.2) is 6.20 Å². The zero-order valence-electron chi connectivity index (χ0n) is 9.03. The molecular weight excluding hydrogens is 174 g/mol. The minimum Gasteiger partial charge on any atom is -0.330 e. The van der Waals surface area contributed by atoms with E-state index in [2.05, 4.69) is 12.0 Å². The maximum Gasteiger partial charge on any atom is 0.0527 e. The molecule has 2 unspecified atom stereocenters. The normalized spacial score (nSPS) is 23.2. The Bertz CT molecular complexity index is 316. The van der Waals surface area contributed by atoms with Gasteiger partial charge in [-0.15, -0.1) is 0 Å². The van der Waals surface area contributed by atoms with Crippen LogP contribution in [0.4, 0.5) is 0 Å². The Labute approximate surface area is 85.3 Å². The van der Waals surface area contributed by atoms with E-state index in [-0.39, 0.29) is 0 Å². The van der Waals surface area contributed by atoms with Gasteiger partial charge in [0.2, 0.25) is 0 Å². The molecule has 1 aliphatic rings. The van der Waals surface area contributed by atoms with Gasteiger partial charge in [-0.2, -0.15) is 5.10 Å². The summed E-state index contributed by atoms with van der Waals surface area (Å²) in [5, 5.41) is 4.34. The van der Waals surface area contributed by atoms with E-state index in [0.29, 0.717) is 11.8 Å². The lowest BCUT2D eigenvalue weighted by Crippen LogP contribution is -2.22. The van der Waals surface area contributed by atoms with Crippen LogP contribution >= 0.6 is 0 Å². The molecule has 1 heterocycles. The van der Waals surface area contributed by atoms with Gasteiger partial charge >= 0.3 is 0 Å². The van der Waals surface area contributed by atoms with E-state index in [1.807, 2.05) is 17.9 Å². The Morgan fingerprint density at radius 1 is 1.71 bits per heavy atom. The minimum absolute atomic E-state index is 0.582. The zero-order valence-corrected chi connectivity index (χ0v) is 9.03. The van der Waals surface area contributed by atoms with Crippen LogP contribution in [0, 0.1) is 5.92 Å². The first-order valence-corrected chi connectivity index (χ1v) is 5.45. The van der Waals surface area contributed by atoms with Crippen LogP contribution in [0.2, 0.25) is 0 Å². The molecule has 0 aliphatic heterocycles. The molecule has 0 aromatic carbocycles. The summed E-state index contributed by atoms with van der Waals surface area (Å²) in [6, 6.07) is 0. The zero-order chi connectivity index (χ0) is 10.1.